The van der Waals surface area contributed by atoms with E-state index in [1.165, 1.54) is 19.3 Å². The molecule has 0 saturated heterocycles. The predicted molar refractivity (Wildman–Crippen MR) is 53.5 cm³/mol. The third-order valence-corrected chi connectivity index (χ3v) is 2.75. The molecule has 3 heteroatoms. The minimum absolute atomic E-state index is 0.119. The van der Waals surface area contributed by atoms with Crippen LogP contribution in [0.15, 0.2) is 0 Å². The molecule has 0 radical (unpaired) electrons. The smallest absolute Gasteiger partial charge is 0.221 e. The maximum absolute atomic E-state index is 11.0. The van der Waals surface area contributed by atoms with Gasteiger partial charge >= 0.3 is 0 Å². The van der Waals surface area contributed by atoms with Gasteiger partial charge in [0.2, 0.25) is 5.91 Å². The van der Waals surface area contributed by atoms with Crippen molar-refractivity contribution in [2.45, 2.75) is 38.6 Å². The minimum atomic E-state index is 0.119. The van der Waals surface area contributed by atoms with Crippen molar-refractivity contribution in [3.05, 3.63) is 0 Å². The Kier molecular flexibility index (Phi) is 4.22. The van der Waals surface area contributed by atoms with Crippen LogP contribution in [0.4, 0.5) is 0 Å². The van der Waals surface area contributed by atoms with Crippen LogP contribution in [0.1, 0.15) is 32.6 Å². The van der Waals surface area contributed by atoms with Crippen molar-refractivity contribution < 1.29 is 4.79 Å². The maximum Gasteiger partial charge on any atom is 0.221 e. The monoisotopic (exact) mass is 184 g/mol. The molecule has 0 aromatic rings. The fourth-order valence-electron chi connectivity index (χ4n) is 1.52. The summed E-state index contributed by atoms with van der Waals surface area (Å²) < 4.78 is 0. The number of rotatable bonds is 5. The molecule has 1 aliphatic carbocycles. The molecule has 0 bridgehead atoms. The summed E-state index contributed by atoms with van der Waals surface area (Å²) in [6, 6.07) is 0.306. The average molecular weight is 184 g/mol. The van der Waals surface area contributed by atoms with Crippen molar-refractivity contribution in [1.29, 1.82) is 0 Å². The van der Waals surface area contributed by atoms with Gasteiger partial charge in [-0.3, -0.25) is 4.79 Å². The Morgan fingerprint density at radius 2 is 2.23 bits per heavy atom. The van der Waals surface area contributed by atoms with Crippen LogP contribution < -0.4 is 10.6 Å². The number of hydrogen-bond acceptors (Lipinski definition) is 2. The quantitative estimate of drug-likeness (QED) is 0.666. The topological polar surface area (TPSA) is 41.1 Å². The van der Waals surface area contributed by atoms with Crippen molar-refractivity contribution in [3.63, 3.8) is 0 Å². The van der Waals surface area contributed by atoms with Gasteiger partial charge in [0.1, 0.15) is 0 Å². The number of hydrogen-bond donors (Lipinski definition) is 2. The highest BCUT2D eigenvalue weighted by atomic mass is 16.1. The number of amides is 1. The van der Waals surface area contributed by atoms with Crippen LogP contribution in [-0.2, 0) is 4.79 Å². The fraction of sp³-hybridized carbons (Fsp3) is 0.900. The third-order valence-electron chi connectivity index (χ3n) is 2.75. The van der Waals surface area contributed by atoms with E-state index in [0.29, 0.717) is 12.5 Å². The average Bonchev–Trinajstić information content (AvgIpc) is 2.01. The van der Waals surface area contributed by atoms with Crippen molar-refractivity contribution in [3.8, 4) is 0 Å². The van der Waals surface area contributed by atoms with E-state index in [9.17, 15) is 4.79 Å². The van der Waals surface area contributed by atoms with E-state index in [1.54, 1.807) is 7.05 Å². The first-order valence-corrected chi connectivity index (χ1v) is 5.16. The number of nitrogens with one attached hydrogen (secondary N) is 2. The molecule has 0 aliphatic heterocycles. The highest BCUT2D eigenvalue weighted by Crippen LogP contribution is 2.25. The Morgan fingerprint density at radius 3 is 2.69 bits per heavy atom. The molecule has 1 fully saturated rings. The fourth-order valence-corrected chi connectivity index (χ4v) is 1.52. The normalized spacial score (nSPS) is 19.2. The van der Waals surface area contributed by atoms with Crippen LogP contribution in [0.2, 0.25) is 0 Å². The SMILES string of the molecule is CNC(=O)CC(C)NCC1CCC1. The molecular formula is C10H20N2O. The van der Waals surface area contributed by atoms with E-state index in [4.69, 9.17) is 0 Å². The largest absolute Gasteiger partial charge is 0.359 e. The van der Waals surface area contributed by atoms with E-state index < -0.39 is 0 Å². The van der Waals surface area contributed by atoms with Gasteiger partial charge in [0.25, 0.3) is 0 Å². The Balaban J connectivity index is 2.02. The minimum Gasteiger partial charge on any atom is -0.359 e. The first-order valence-electron chi connectivity index (χ1n) is 5.16. The van der Waals surface area contributed by atoms with Crippen molar-refractivity contribution >= 4 is 5.91 Å². The van der Waals surface area contributed by atoms with Gasteiger partial charge in [0, 0.05) is 19.5 Å². The summed E-state index contributed by atoms with van der Waals surface area (Å²) in [6.45, 7) is 3.14. The summed E-state index contributed by atoms with van der Waals surface area (Å²) in [6.07, 6.45) is 4.69. The lowest BCUT2D eigenvalue weighted by molar-refractivity contribution is -0.121. The number of carbonyl (C=O) groups excluding carboxylic acids is 1. The van der Waals surface area contributed by atoms with Gasteiger partial charge in [-0.2, -0.15) is 0 Å². The van der Waals surface area contributed by atoms with E-state index in [-0.39, 0.29) is 5.91 Å². The molecule has 0 aromatic carbocycles. The molecule has 3 nitrogen and oxygen atoms in total. The second kappa shape index (κ2) is 5.22. The summed E-state index contributed by atoms with van der Waals surface area (Å²) in [4.78, 5) is 11.0. The summed E-state index contributed by atoms with van der Waals surface area (Å²) in [5.41, 5.74) is 0. The first-order chi connectivity index (χ1) is 6.22. The molecule has 76 valence electrons. The van der Waals surface area contributed by atoms with Crippen molar-refractivity contribution in [1.82, 2.24) is 10.6 Å². The van der Waals surface area contributed by atoms with Gasteiger partial charge in [-0.05, 0) is 32.2 Å². The van der Waals surface area contributed by atoms with Gasteiger partial charge in [0.05, 0.1) is 0 Å². The lowest BCUT2D eigenvalue weighted by atomic mass is 9.85. The van der Waals surface area contributed by atoms with Crippen LogP contribution in [0.25, 0.3) is 0 Å². The Labute approximate surface area is 80.3 Å². The third kappa shape index (κ3) is 3.77. The zero-order chi connectivity index (χ0) is 9.68. The Hall–Kier alpha value is -0.570. The van der Waals surface area contributed by atoms with Crippen molar-refractivity contribution in [2.24, 2.45) is 5.92 Å². The summed E-state index contributed by atoms with van der Waals surface area (Å²) in [7, 11) is 1.68. The van der Waals surface area contributed by atoms with E-state index in [2.05, 4.69) is 17.6 Å². The predicted octanol–water partition coefficient (Wildman–Crippen LogP) is 0.901. The molecule has 1 unspecified atom stereocenters. The van der Waals surface area contributed by atoms with Gasteiger partial charge in [-0.15, -0.1) is 0 Å². The zero-order valence-corrected chi connectivity index (χ0v) is 8.60. The molecule has 1 amide bonds. The van der Waals surface area contributed by atoms with Crippen LogP contribution in [0.5, 0.6) is 0 Å². The molecule has 2 N–H and O–H groups in total. The van der Waals surface area contributed by atoms with E-state index >= 15 is 0 Å². The summed E-state index contributed by atoms with van der Waals surface area (Å²) in [5, 5.41) is 6.02. The molecule has 1 atom stereocenters. The molecule has 13 heavy (non-hydrogen) atoms. The molecule has 0 spiro atoms. The molecule has 0 aromatic heterocycles. The lowest BCUT2D eigenvalue weighted by Gasteiger charge is -2.27. The summed E-state index contributed by atoms with van der Waals surface area (Å²) in [5.74, 6) is 0.987. The van der Waals surface area contributed by atoms with Gasteiger partial charge < -0.3 is 10.6 Å². The Bertz CT molecular complexity index is 166. The van der Waals surface area contributed by atoms with Crippen LogP contribution >= 0.6 is 0 Å². The molecule has 0 heterocycles. The maximum atomic E-state index is 11.0. The van der Waals surface area contributed by atoms with E-state index in [0.717, 1.165) is 12.5 Å². The van der Waals surface area contributed by atoms with Crippen LogP contribution in [0, 0.1) is 5.92 Å². The van der Waals surface area contributed by atoms with Crippen LogP contribution in [0.3, 0.4) is 0 Å². The van der Waals surface area contributed by atoms with Crippen LogP contribution in [-0.4, -0.2) is 25.5 Å². The highest BCUT2D eigenvalue weighted by Gasteiger charge is 2.17. The molecule has 1 aliphatic rings. The second-order valence-corrected chi connectivity index (χ2v) is 3.98. The van der Waals surface area contributed by atoms with Gasteiger partial charge in [-0.1, -0.05) is 6.42 Å². The molecule has 1 saturated carbocycles. The summed E-state index contributed by atoms with van der Waals surface area (Å²) >= 11 is 0. The van der Waals surface area contributed by atoms with E-state index in [1.807, 2.05) is 0 Å². The van der Waals surface area contributed by atoms with Gasteiger partial charge in [-0.25, -0.2) is 0 Å². The zero-order valence-electron chi connectivity index (χ0n) is 8.60. The lowest BCUT2D eigenvalue weighted by Crippen LogP contribution is -2.36. The van der Waals surface area contributed by atoms with Gasteiger partial charge in [0.15, 0.2) is 0 Å². The molecule has 1 rings (SSSR count). The highest BCUT2D eigenvalue weighted by molar-refractivity contribution is 5.76. The van der Waals surface area contributed by atoms with Crippen molar-refractivity contribution in [2.75, 3.05) is 13.6 Å². The number of carbonyl (C=O) groups is 1. The first kappa shape index (κ1) is 10.5. The second-order valence-electron chi connectivity index (χ2n) is 3.98. The Morgan fingerprint density at radius 1 is 1.54 bits per heavy atom. The molecular weight excluding hydrogens is 164 g/mol. The standard InChI is InChI=1S/C10H20N2O/c1-8(6-10(13)11-2)12-7-9-4-3-5-9/h8-9,12H,3-7H2,1-2H3,(H,11,13).